The third-order valence-electron chi connectivity index (χ3n) is 7.25. The summed E-state index contributed by atoms with van der Waals surface area (Å²) in [7, 11) is 0. The number of nitrogens with one attached hydrogen (secondary N) is 2. The normalized spacial score (nSPS) is 13.6. The number of carbonyl (C=O) groups excluding carboxylic acids is 3. The highest BCUT2D eigenvalue weighted by Gasteiger charge is 2.39. The summed E-state index contributed by atoms with van der Waals surface area (Å²) in [5, 5.41) is 5.97. The molecule has 0 aliphatic heterocycles. The number of nitrogens with zero attached hydrogens (tertiary/aromatic N) is 1. The number of benzene rings is 2. The Morgan fingerprint density at radius 1 is 0.905 bits per heavy atom. The molecule has 0 aliphatic carbocycles. The Morgan fingerprint density at radius 2 is 1.55 bits per heavy atom. The second-order valence-corrected chi connectivity index (χ2v) is 12.7. The molecule has 2 N–H and O–H groups in total. The minimum Gasteiger partial charge on any atom is -0.444 e. The zero-order chi connectivity index (χ0) is 31.3. The van der Waals surface area contributed by atoms with Crippen molar-refractivity contribution in [2.24, 2.45) is 5.92 Å². The molecule has 0 heterocycles. The molecule has 3 atom stereocenters. The number of alkyl carbamates (subject to hydrolysis) is 1. The van der Waals surface area contributed by atoms with Gasteiger partial charge in [0.05, 0.1) is 0 Å². The second-order valence-electron chi connectivity index (χ2n) is 12.7. The lowest BCUT2D eigenvalue weighted by molar-refractivity contribution is -0.145. The molecule has 232 valence electrons. The van der Waals surface area contributed by atoms with Crippen LogP contribution in [0.25, 0.3) is 0 Å². The van der Waals surface area contributed by atoms with Crippen LogP contribution in [0.5, 0.6) is 0 Å². The summed E-state index contributed by atoms with van der Waals surface area (Å²) < 4.78 is 5.56. The van der Waals surface area contributed by atoms with Crippen LogP contribution in [0.15, 0.2) is 54.6 Å². The summed E-state index contributed by atoms with van der Waals surface area (Å²) >= 11 is 0. The molecule has 0 fully saturated rings. The van der Waals surface area contributed by atoms with Crippen LogP contribution >= 0.6 is 0 Å². The SMILES string of the molecule is CCCCCNC(=O)C(c1ccccc1C)N(C(=O)C(Cc1ccccc1)NC(=O)OC(C)(C)C)C(C)CCC(C)C. The Balaban J connectivity index is 2.60. The topological polar surface area (TPSA) is 87.7 Å². The van der Waals surface area contributed by atoms with Gasteiger partial charge in [-0.25, -0.2) is 4.79 Å². The van der Waals surface area contributed by atoms with Gasteiger partial charge in [-0.1, -0.05) is 88.2 Å². The van der Waals surface area contributed by atoms with Crippen LogP contribution in [0.3, 0.4) is 0 Å². The monoisotopic (exact) mass is 579 g/mol. The standard InChI is InChI=1S/C35H53N3O4/c1-9-10-16-23-36-32(39)31(29-20-15-14-17-26(29)4)38(27(5)22-21-25(2)3)33(40)30(24-28-18-12-11-13-19-28)37-34(41)42-35(6,7)8/h11-15,17-20,25,27,30-31H,9-10,16,21-24H2,1-8H3,(H,36,39)(H,37,41). The zero-order valence-electron chi connectivity index (χ0n) is 27.0. The molecule has 2 aromatic rings. The van der Waals surface area contributed by atoms with Crippen molar-refractivity contribution in [1.82, 2.24) is 15.5 Å². The summed E-state index contributed by atoms with van der Waals surface area (Å²) in [4.78, 5) is 43.5. The van der Waals surface area contributed by atoms with Gasteiger partial charge < -0.3 is 20.3 Å². The van der Waals surface area contributed by atoms with E-state index in [2.05, 4.69) is 31.4 Å². The first-order valence-electron chi connectivity index (χ1n) is 15.5. The van der Waals surface area contributed by atoms with Gasteiger partial charge in [0.15, 0.2) is 0 Å². The van der Waals surface area contributed by atoms with Crippen LogP contribution < -0.4 is 10.6 Å². The van der Waals surface area contributed by atoms with Gasteiger partial charge in [-0.2, -0.15) is 0 Å². The maximum absolute atomic E-state index is 14.7. The van der Waals surface area contributed by atoms with Crippen LogP contribution in [0.4, 0.5) is 4.79 Å². The number of carbonyl (C=O) groups is 3. The van der Waals surface area contributed by atoms with Gasteiger partial charge in [0.1, 0.15) is 17.7 Å². The fraction of sp³-hybridized carbons (Fsp3) is 0.571. The average molecular weight is 580 g/mol. The van der Waals surface area contributed by atoms with E-state index in [0.29, 0.717) is 12.5 Å². The third kappa shape index (κ3) is 11.5. The van der Waals surface area contributed by atoms with E-state index in [1.807, 2.05) is 68.4 Å². The highest BCUT2D eigenvalue weighted by Crippen LogP contribution is 2.30. The number of amides is 3. The Hall–Kier alpha value is -3.35. The molecule has 0 aromatic heterocycles. The van der Waals surface area contributed by atoms with Crippen molar-refractivity contribution in [2.45, 2.75) is 118 Å². The molecule has 2 rings (SSSR count). The maximum Gasteiger partial charge on any atom is 0.408 e. The summed E-state index contributed by atoms with van der Waals surface area (Å²) in [6.45, 7) is 16.3. The number of ether oxygens (including phenoxy) is 1. The second kappa shape index (κ2) is 16.9. The van der Waals surface area contributed by atoms with E-state index in [1.165, 1.54) is 0 Å². The highest BCUT2D eigenvalue weighted by atomic mass is 16.6. The molecule has 7 nitrogen and oxygen atoms in total. The smallest absolute Gasteiger partial charge is 0.408 e. The molecule has 3 amide bonds. The van der Waals surface area contributed by atoms with Crippen molar-refractivity contribution in [1.29, 1.82) is 0 Å². The van der Waals surface area contributed by atoms with Crippen molar-refractivity contribution in [3.8, 4) is 0 Å². The third-order valence-corrected chi connectivity index (χ3v) is 7.25. The van der Waals surface area contributed by atoms with Gasteiger partial charge in [-0.15, -0.1) is 0 Å². The maximum atomic E-state index is 14.7. The summed E-state index contributed by atoms with van der Waals surface area (Å²) in [5.74, 6) is -0.0806. The van der Waals surface area contributed by atoms with E-state index < -0.39 is 23.8 Å². The van der Waals surface area contributed by atoms with Crippen LogP contribution in [-0.4, -0.2) is 47.0 Å². The Morgan fingerprint density at radius 3 is 2.14 bits per heavy atom. The lowest BCUT2D eigenvalue weighted by Crippen LogP contribution is -2.56. The van der Waals surface area contributed by atoms with Crippen molar-refractivity contribution in [3.63, 3.8) is 0 Å². The molecule has 7 heteroatoms. The predicted molar refractivity (Wildman–Crippen MR) is 170 cm³/mol. The first-order chi connectivity index (χ1) is 19.8. The first kappa shape index (κ1) is 34.8. The highest BCUT2D eigenvalue weighted by molar-refractivity contribution is 5.92. The quantitative estimate of drug-likeness (QED) is 0.220. The van der Waals surface area contributed by atoms with Gasteiger partial charge in [-0.3, -0.25) is 9.59 Å². The van der Waals surface area contributed by atoms with Crippen LogP contribution in [0.1, 0.15) is 103 Å². The van der Waals surface area contributed by atoms with Crippen LogP contribution in [0.2, 0.25) is 0 Å². The lowest BCUT2D eigenvalue weighted by atomic mass is 9.94. The molecule has 3 unspecified atom stereocenters. The van der Waals surface area contributed by atoms with E-state index in [0.717, 1.165) is 48.8 Å². The Bertz CT molecular complexity index is 1130. The van der Waals surface area contributed by atoms with E-state index in [-0.39, 0.29) is 24.3 Å². The van der Waals surface area contributed by atoms with Crippen LogP contribution in [-0.2, 0) is 20.7 Å². The van der Waals surface area contributed by atoms with E-state index in [4.69, 9.17) is 4.74 Å². The predicted octanol–water partition coefficient (Wildman–Crippen LogP) is 7.13. The van der Waals surface area contributed by atoms with Crippen molar-refractivity contribution in [2.75, 3.05) is 6.54 Å². The largest absolute Gasteiger partial charge is 0.444 e. The molecule has 0 saturated heterocycles. The lowest BCUT2D eigenvalue weighted by Gasteiger charge is -2.39. The molecule has 0 saturated carbocycles. The molecule has 0 spiro atoms. The summed E-state index contributed by atoms with van der Waals surface area (Å²) in [5.41, 5.74) is 1.89. The van der Waals surface area contributed by atoms with E-state index >= 15 is 0 Å². The molecular weight excluding hydrogens is 526 g/mol. The number of hydrogen-bond acceptors (Lipinski definition) is 4. The van der Waals surface area contributed by atoms with Gasteiger partial charge in [0.2, 0.25) is 11.8 Å². The Kier molecular flexibility index (Phi) is 14.1. The number of unbranched alkanes of at least 4 members (excludes halogenated alkanes) is 2. The van der Waals surface area contributed by atoms with Gasteiger partial charge >= 0.3 is 6.09 Å². The fourth-order valence-electron chi connectivity index (χ4n) is 4.99. The van der Waals surface area contributed by atoms with Crippen molar-refractivity contribution < 1.29 is 19.1 Å². The Labute approximate surface area is 253 Å². The number of hydrogen-bond donors (Lipinski definition) is 2. The van der Waals surface area contributed by atoms with Gasteiger partial charge in [0.25, 0.3) is 0 Å². The molecular formula is C35H53N3O4. The minimum atomic E-state index is -0.928. The van der Waals surface area contributed by atoms with Crippen molar-refractivity contribution in [3.05, 3.63) is 71.3 Å². The first-order valence-corrected chi connectivity index (χ1v) is 15.5. The summed E-state index contributed by atoms with van der Waals surface area (Å²) in [6, 6.07) is 15.3. The average Bonchev–Trinajstić information content (AvgIpc) is 2.92. The minimum absolute atomic E-state index is 0.208. The van der Waals surface area contributed by atoms with Gasteiger partial charge in [-0.05, 0) is 76.5 Å². The van der Waals surface area contributed by atoms with Gasteiger partial charge in [0, 0.05) is 19.0 Å². The number of rotatable bonds is 15. The zero-order valence-corrected chi connectivity index (χ0v) is 27.0. The summed E-state index contributed by atoms with van der Waals surface area (Å²) in [6.07, 6.45) is 4.16. The fourth-order valence-corrected chi connectivity index (χ4v) is 4.99. The van der Waals surface area contributed by atoms with E-state index in [1.54, 1.807) is 25.7 Å². The molecule has 2 aromatic carbocycles. The molecule has 0 aliphatic rings. The number of aryl methyl sites for hydroxylation is 1. The molecule has 0 radical (unpaired) electrons. The molecule has 42 heavy (non-hydrogen) atoms. The molecule has 0 bridgehead atoms. The van der Waals surface area contributed by atoms with Crippen LogP contribution in [0, 0.1) is 12.8 Å². The van der Waals surface area contributed by atoms with E-state index in [9.17, 15) is 14.4 Å². The van der Waals surface area contributed by atoms with Crippen molar-refractivity contribution >= 4 is 17.9 Å².